The van der Waals surface area contributed by atoms with Crippen molar-refractivity contribution in [2.75, 3.05) is 6.54 Å². The Labute approximate surface area is 138 Å². The first-order chi connectivity index (χ1) is 10.8. The lowest BCUT2D eigenvalue weighted by molar-refractivity contribution is -0.125. The topological polar surface area (TPSA) is 114 Å². The fraction of sp³-hybridized carbons (Fsp3) is 0.529. The molecular formula is C17H28N4O2. The van der Waals surface area contributed by atoms with Crippen LogP contribution >= 0.6 is 0 Å². The van der Waals surface area contributed by atoms with Crippen molar-refractivity contribution in [3.8, 4) is 0 Å². The van der Waals surface area contributed by atoms with E-state index in [-0.39, 0.29) is 30.8 Å². The highest BCUT2D eigenvalue weighted by atomic mass is 16.3. The Bertz CT molecular complexity index is 539. The first-order valence-corrected chi connectivity index (χ1v) is 7.92. The van der Waals surface area contributed by atoms with Crippen LogP contribution in [0.4, 0.5) is 0 Å². The van der Waals surface area contributed by atoms with Gasteiger partial charge in [0.2, 0.25) is 5.91 Å². The molecular weight excluding hydrogens is 292 g/mol. The molecule has 0 aliphatic carbocycles. The van der Waals surface area contributed by atoms with Crippen molar-refractivity contribution in [1.82, 2.24) is 5.32 Å². The van der Waals surface area contributed by atoms with E-state index in [1.807, 2.05) is 31.2 Å². The zero-order valence-corrected chi connectivity index (χ0v) is 14.1. The zero-order chi connectivity index (χ0) is 17.4. The second kappa shape index (κ2) is 9.15. The van der Waals surface area contributed by atoms with E-state index in [4.69, 9.17) is 11.5 Å². The van der Waals surface area contributed by atoms with E-state index in [0.717, 1.165) is 12.0 Å². The predicted molar refractivity (Wildman–Crippen MR) is 92.8 cm³/mol. The van der Waals surface area contributed by atoms with Crippen molar-refractivity contribution >= 4 is 11.9 Å². The van der Waals surface area contributed by atoms with E-state index in [9.17, 15) is 9.90 Å². The van der Waals surface area contributed by atoms with Crippen molar-refractivity contribution in [3.05, 3.63) is 35.4 Å². The van der Waals surface area contributed by atoms with Gasteiger partial charge in [0.25, 0.3) is 0 Å². The van der Waals surface area contributed by atoms with Gasteiger partial charge >= 0.3 is 0 Å². The van der Waals surface area contributed by atoms with E-state index in [1.54, 1.807) is 0 Å². The monoisotopic (exact) mass is 320 g/mol. The summed E-state index contributed by atoms with van der Waals surface area (Å²) in [6, 6.07) is 7.93. The summed E-state index contributed by atoms with van der Waals surface area (Å²) in [6.45, 7) is 6.41. The van der Waals surface area contributed by atoms with Crippen LogP contribution in [0, 0.1) is 5.92 Å². The number of carbonyl (C=O) groups is 1. The number of benzene rings is 1. The zero-order valence-electron chi connectivity index (χ0n) is 14.1. The highest BCUT2D eigenvalue weighted by Gasteiger charge is 2.20. The molecule has 0 saturated heterocycles. The van der Waals surface area contributed by atoms with E-state index in [1.165, 1.54) is 5.56 Å². The van der Waals surface area contributed by atoms with Crippen LogP contribution in [-0.4, -0.2) is 29.7 Å². The summed E-state index contributed by atoms with van der Waals surface area (Å²) in [5.74, 6) is -0.0582. The summed E-state index contributed by atoms with van der Waals surface area (Å²) < 4.78 is 0. The molecule has 1 aromatic carbocycles. The minimum Gasteiger partial charge on any atom is -0.374 e. The van der Waals surface area contributed by atoms with Crippen LogP contribution < -0.4 is 16.8 Å². The number of guanidine groups is 1. The highest BCUT2D eigenvalue weighted by Crippen LogP contribution is 2.22. The Balaban J connectivity index is 2.68. The Hall–Kier alpha value is -2.08. The molecule has 0 aliphatic heterocycles. The summed E-state index contributed by atoms with van der Waals surface area (Å²) in [5, 5.41) is 12.5. The van der Waals surface area contributed by atoms with Gasteiger partial charge in [0.1, 0.15) is 6.23 Å². The third kappa shape index (κ3) is 6.69. The van der Waals surface area contributed by atoms with Gasteiger partial charge in [0.05, 0.1) is 5.92 Å². The van der Waals surface area contributed by atoms with Gasteiger partial charge in [-0.1, -0.05) is 38.1 Å². The lowest BCUT2D eigenvalue weighted by Gasteiger charge is -2.19. The molecule has 0 bridgehead atoms. The number of aliphatic hydroxyl groups excluding tert-OH is 1. The van der Waals surface area contributed by atoms with Crippen molar-refractivity contribution in [2.24, 2.45) is 22.4 Å². The van der Waals surface area contributed by atoms with Crippen molar-refractivity contribution in [3.63, 3.8) is 0 Å². The number of amides is 1. The Morgan fingerprint density at radius 1 is 1.26 bits per heavy atom. The summed E-state index contributed by atoms with van der Waals surface area (Å²) in [7, 11) is 0. The first kappa shape index (κ1) is 19.0. The fourth-order valence-electron chi connectivity index (χ4n) is 2.40. The maximum absolute atomic E-state index is 12.3. The number of nitrogens with zero attached hydrogens (tertiary/aromatic N) is 1. The molecule has 1 aromatic rings. The van der Waals surface area contributed by atoms with E-state index >= 15 is 0 Å². The smallest absolute Gasteiger partial charge is 0.229 e. The van der Waals surface area contributed by atoms with Crippen molar-refractivity contribution < 1.29 is 9.90 Å². The van der Waals surface area contributed by atoms with Crippen LogP contribution in [0.3, 0.4) is 0 Å². The number of nitrogens with one attached hydrogen (secondary N) is 1. The molecule has 6 heteroatoms. The van der Waals surface area contributed by atoms with E-state index < -0.39 is 6.23 Å². The molecule has 0 saturated carbocycles. The average Bonchev–Trinajstić information content (AvgIpc) is 2.46. The lowest BCUT2D eigenvalue weighted by atomic mass is 9.90. The minimum absolute atomic E-state index is 0.0282. The summed E-state index contributed by atoms with van der Waals surface area (Å²) >= 11 is 0. The molecule has 1 unspecified atom stereocenters. The SMILES string of the molecule is CC(C)Cc1ccccc1[C@@H](C)C(=O)NC(O)CCN=C(N)N. The molecule has 0 aliphatic rings. The van der Waals surface area contributed by atoms with Gasteiger partial charge in [-0.2, -0.15) is 0 Å². The van der Waals surface area contributed by atoms with Crippen LogP contribution in [0.5, 0.6) is 0 Å². The fourth-order valence-corrected chi connectivity index (χ4v) is 2.40. The Morgan fingerprint density at radius 3 is 2.52 bits per heavy atom. The van der Waals surface area contributed by atoms with Crippen LogP contribution in [-0.2, 0) is 11.2 Å². The van der Waals surface area contributed by atoms with Gasteiger partial charge in [-0.3, -0.25) is 9.79 Å². The largest absolute Gasteiger partial charge is 0.374 e. The van der Waals surface area contributed by atoms with Crippen LogP contribution in [0.25, 0.3) is 0 Å². The standard InChI is InChI=1S/C17H28N4O2/c1-11(2)10-13-6-4-5-7-14(13)12(3)16(23)21-15(22)8-9-20-17(18)19/h4-7,11-12,15,22H,8-10H2,1-3H3,(H,21,23)(H4,18,19,20)/t12-,15?/m1/s1. The molecule has 23 heavy (non-hydrogen) atoms. The second-order valence-corrected chi connectivity index (χ2v) is 6.14. The predicted octanol–water partition coefficient (Wildman–Crippen LogP) is 1.09. The minimum atomic E-state index is -0.967. The Morgan fingerprint density at radius 2 is 1.91 bits per heavy atom. The van der Waals surface area contributed by atoms with Gasteiger partial charge in [-0.05, 0) is 30.4 Å². The maximum atomic E-state index is 12.3. The van der Waals surface area contributed by atoms with Crippen LogP contribution in [0.15, 0.2) is 29.3 Å². The number of hydrogen-bond donors (Lipinski definition) is 4. The number of carbonyl (C=O) groups excluding carboxylic acids is 1. The molecule has 6 nitrogen and oxygen atoms in total. The third-order valence-corrected chi connectivity index (χ3v) is 3.55. The van der Waals surface area contributed by atoms with Gasteiger partial charge in [0.15, 0.2) is 5.96 Å². The molecule has 1 rings (SSSR count). The average molecular weight is 320 g/mol. The Kier molecular flexibility index (Phi) is 7.54. The number of aliphatic hydroxyl groups is 1. The normalized spacial score (nSPS) is 13.4. The number of nitrogens with two attached hydrogens (primary N) is 2. The molecule has 0 heterocycles. The summed E-state index contributed by atoms with van der Waals surface area (Å²) in [4.78, 5) is 16.1. The highest BCUT2D eigenvalue weighted by molar-refractivity contribution is 5.83. The van der Waals surface area contributed by atoms with E-state index in [0.29, 0.717) is 5.92 Å². The van der Waals surface area contributed by atoms with E-state index in [2.05, 4.69) is 24.2 Å². The molecule has 0 aromatic heterocycles. The van der Waals surface area contributed by atoms with Crippen LogP contribution in [0.1, 0.15) is 44.2 Å². The molecule has 0 fully saturated rings. The summed E-state index contributed by atoms with van der Waals surface area (Å²) in [5.41, 5.74) is 12.6. The molecule has 2 atom stereocenters. The second-order valence-electron chi connectivity index (χ2n) is 6.14. The molecule has 0 spiro atoms. The quantitative estimate of drug-likeness (QED) is 0.326. The van der Waals surface area contributed by atoms with Crippen molar-refractivity contribution in [2.45, 2.75) is 45.8 Å². The molecule has 128 valence electrons. The van der Waals surface area contributed by atoms with Crippen LogP contribution in [0.2, 0.25) is 0 Å². The third-order valence-electron chi connectivity index (χ3n) is 3.55. The van der Waals surface area contributed by atoms with Crippen molar-refractivity contribution in [1.29, 1.82) is 0 Å². The molecule has 1 amide bonds. The first-order valence-electron chi connectivity index (χ1n) is 7.92. The number of rotatable bonds is 8. The number of hydrogen-bond acceptors (Lipinski definition) is 3. The van der Waals surface area contributed by atoms with Gasteiger partial charge in [-0.25, -0.2) is 0 Å². The molecule has 6 N–H and O–H groups in total. The summed E-state index contributed by atoms with van der Waals surface area (Å²) in [6.07, 6.45) is 0.218. The maximum Gasteiger partial charge on any atom is 0.229 e. The van der Waals surface area contributed by atoms with Gasteiger partial charge in [-0.15, -0.1) is 0 Å². The van der Waals surface area contributed by atoms with Gasteiger partial charge < -0.3 is 21.9 Å². The number of aliphatic imine (C=N–C) groups is 1. The van der Waals surface area contributed by atoms with Gasteiger partial charge in [0, 0.05) is 13.0 Å². The lowest BCUT2D eigenvalue weighted by Crippen LogP contribution is -2.38. The molecule has 0 radical (unpaired) electrons.